The average Bonchev–Trinajstić information content (AvgIpc) is 3.42. The third-order valence-corrected chi connectivity index (χ3v) is 14.6. The molecule has 0 spiro atoms. The molecule has 0 aliphatic heterocycles. The quantitative estimate of drug-likeness (QED) is 0.0282. The normalized spacial score (nSPS) is 13.7. The monoisotopic (exact) mass is 1170 g/mol. The maximum absolute atomic E-state index is 13.1. The molecule has 468 valence electrons. The molecule has 0 aliphatic carbocycles. The van der Waals surface area contributed by atoms with Crippen molar-refractivity contribution in [1.82, 2.24) is 31.9 Å². The Bertz CT molecular complexity index is 1810. The van der Waals surface area contributed by atoms with Crippen LogP contribution < -0.4 is 37.6 Å². The van der Waals surface area contributed by atoms with Crippen molar-refractivity contribution in [3.8, 4) is 0 Å². The Kier molecular flexibility index (Phi) is 46.4. The van der Waals surface area contributed by atoms with E-state index in [0.717, 1.165) is 52.4 Å². The van der Waals surface area contributed by atoms with Crippen LogP contribution in [-0.2, 0) is 57.4 Å². The Morgan fingerprint density at radius 1 is 0.469 bits per heavy atom. The molecule has 0 aromatic heterocycles. The van der Waals surface area contributed by atoms with Crippen molar-refractivity contribution < 1.29 is 77.8 Å². The van der Waals surface area contributed by atoms with Crippen LogP contribution in [0.4, 0.5) is 0 Å². The number of nitrogens with one attached hydrogen (secondary N) is 6. The molecule has 24 heteroatoms. The summed E-state index contributed by atoms with van der Waals surface area (Å²) in [4.78, 5) is 125. The maximum Gasteiger partial charge on any atom is 0.328 e. The van der Waals surface area contributed by atoms with E-state index >= 15 is 0 Å². The number of aliphatic carboxylic acids is 2. The zero-order chi connectivity index (χ0) is 60.6. The van der Waals surface area contributed by atoms with Gasteiger partial charge in [0, 0.05) is 30.8 Å². The number of aliphatic hydroxyl groups is 2. The van der Waals surface area contributed by atoms with Crippen molar-refractivity contribution in [3.63, 3.8) is 0 Å². The van der Waals surface area contributed by atoms with E-state index in [9.17, 15) is 68.4 Å². The molecule has 81 heavy (non-hydrogen) atoms. The summed E-state index contributed by atoms with van der Waals surface area (Å²) in [7, 11) is 0. The van der Waals surface area contributed by atoms with Gasteiger partial charge in [-0.15, -0.1) is 0 Å². The van der Waals surface area contributed by atoms with Crippen molar-refractivity contribution in [1.29, 1.82) is 0 Å². The number of amides is 6. The molecule has 0 unspecified atom stereocenters. The second kappa shape index (κ2) is 49.5. The number of carbonyl (C=O) groups is 10. The predicted octanol–water partition coefficient (Wildman–Crippen LogP) is 4.98. The fourth-order valence-electron chi connectivity index (χ4n) is 8.45. The summed E-state index contributed by atoms with van der Waals surface area (Å²) in [5.41, 5.74) is 6.11. The average molecular weight is 1170 g/mol. The molecule has 0 bridgehead atoms. The number of hydrogen-bond donors (Lipinski definition) is 11. The first-order valence-electron chi connectivity index (χ1n) is 29.9. The van der Waals surface area contributed by atoms with Gasteiger partial charge in [0.1, 0.15) is 24.8 Å². The van der Waals surface area contributed by atoms with Crippen molar-refractivity contribution in [2.24, 2.45) is 5.73 Å². The molecule has 12 N–H and O–H groups in total. The molecule has 0 fully saturated rings. The van der Waals surface area contributed by atoms with E-state index in [1.54, 1.807) is 0 Å². The molecule has 0 saturated heterocycles. The number of carbonyl (C=O) groups excluding carboxylic acids is 8. The first-order chi connectivity index (χ1) is 38.7. The molecule has 0 heterocycles. The number of ether oxygens (including phenoxy) is 2. The number of rotatable bonds is 53. The van der Waals surface area contributed by atoms with Crippen molar-refractivity contribution in [2.45, 2.75) is 263 Å². The highest BCUT2D eigenvalue weighted by Gasteiger charge is 2.34. The lowest BCUT2D eigenvalue weighted by atomic mass is 10.0. The number of carboxylic acids is 2. The fraction of sp³-hybridized carbons (Fsp3) is 0.825. The first kappa shape index (κ1) is 75.9. The summed E-state index contributed by atoms with van der Waals surface area (Å²) in [6, 6.07) is -6.31. The summed E-state index contributed by atoms with van der Waals surface area (Å²) >= 11 is 1.21. The van der Waals surface area contributed by atoms with Gasteiger partial charge in [-0.25, -0.2) is 4.79 Å². The van der Waals surface area contributed by atoms with E-state index in [1.165, 1.54) is 127 Å². The number of aliphatic hydroxyl groups excluding tert-OH is 2. The topological polar surface area (TPSA) is 368 Å². The highest BCUT2D eigenvalue weighted by atomic mass is 32.2. The van der Waals surface area contributed by atoms with E-state index in [0.29, 0.717) is 12.8 Å². The van der Waals surface area contributed by atoms with Gasteiger partial charge < -0.3 is 67.5 Å². The second-order valence-corrected chi connectivity index (χ2v) is 22.1. The molecule has 0 rings (SSSR count). The predicted molar refractivity (Wildman–Crippen MR) is 309 cm³/mol. The van der Waals surface area contributed by atoms with Crippen LogP contribution in [0.3, 0.4) is 0 Å². The van der Waals surface area contributed by atoms with Crippen LogP contribution in [0.2, 0.25) is 0 Å². The van der Waals surface area contributed by atoms with Gasteiger partial charge >= 0.3 is 23.9 Å². The third kappa shape index (κ3) is 43.3. The lowest BCUT2D eigenvalue weighted by Gasteiger charge is -2.26. The molecule has 7 atom stereocenters. The Morgan fingerprint density at radius 2 is 0.877 bits per heavy atom. The first-order valence-corrected chi connectivity index (χ1v) is 31.1. The zero-order valence-corrected chi connectivity index (χ0v) is 50.0. The second-order valence-electron chi connectivity index (χ2n) is 21.0. The molecule has 0 radical (unpaired) electrons. The molecule has 6 amide bonds. The van der Waals surface area contributed by atoms with E-state index in [4.69, 9.17) is 15.2 Å². The summed E-state index contributed by atoms with van der Waals surface area (Å²) < 4.78 is 11.3. The number of esters is 2. The number of thioether (sulfide) groups is 1. The minimum Gasteiger partial charge on any atom is -0.481 e. The highest BCUT2D eigenvalue weighted by Crippen LogP contribution is 2.17. The third-order valence-electron chi connectivity index (χ3n) is 13.4. The van der Waals surface area contributed by atoms with Gasteiger partial charge in [-0.2, -0.15) is 11.8 Å². The van der Waals surface area contributed by atoms with E-state index in [1.807, 2.05) is 5.32 Å². The van der Waals surface area contributed by atoms with Crippen molar-refractivity contribution in [2.75, 3.05) is 37.7 Å². The smallest absolute Gasteiger partial charge is 0.328 e. The summed E-state index contributed by atoms with van der Waals surface area (Å²) in [5, 5.41) is 51.5. The van der Waals surface area contributed by atoms with Crippen molar-refractivity contribution >= 4 is 71.1 Å². The van der Waals surface area contributed by atoms with Crippen LogP contribution >= 0.6 is 11.8 Å². The molecule has 0 aromatic carbocycles. The summed E-state index contributed by atoms with van der Waals surface area (Å²) in [6.07, 6.45) is 26.0. The van der Waals surface area contributed by atoms with Crippen LogP contribution in [-0.4, -0.2) is 160 Å². The number of hydrogen-bond acceptors (Lipinski definition) is 16. The molecule has 0 saturated carbocycles. The molecular weight excluding hydrogens is 1070 g/mol. The van der Waals surface area contributed by atoms with Gasteiger partial charge in [-0.3, -0.25) is 43.2 Å². The minimum atomic E-state index is -1.80. The van der Waals surface area contributed by atoms with Crippen LogP contribution in [0.1, 0.15) is 220 Å². The van der Waals surface area contributed by atoms with Gasteiger partial charge in [0.15, 0.2) is 6.04 Å². The lowest BCUT2D eigenvalue weighted by Crippen LogP contribution is -2.60. The largest absolute Gasteiger partial charge is 0.481 e. The minimum absolute atomic E-state index is 0.0597. The number of nitrogens with two attached hydrogens (primary N) is 1. The van der Waals surface area contributed by atoms with Gasteiger partial charge in [0.25, 0.3) is 0 Å². The molecule has 0 aliphatic rings. The number of carboxylic acid groups (broad SMARTS) is 2. The van der Waals surface area contributed by atoms with Gasteiger partial charge in [0.05, 0.1) is 37.9 Å². The number of unbranched alkanes of at least 4 members (excludes halogenated alkanes) is 24. The Morgan fingerprint density at radius 3 is 1.31 bits per heavy atom. The van der Waals surface area contributed by atoms with Crippen LogP contribution in [0.15, 0.2) is 0 Å². The van der Waals surface area contributed by atoms with Crippen LogP contribution in [0, 0.1) is 0 Å². The molecule has 23 nitrogen and oxygen atoms in total. The summed E-state index contributed by atoms with van der Waals surface area (Å²) in [6.45, 7) is 4.51. The highest BCUT2D eigenvalue weighted by molar-refractivity contribution is 7.99. The standard InChI is InChI=1S/C57H103N7O16S/c1-5-7-9-11-13-15-17-19-21-23-25-27-29-31-50(72)79-38-43(80-51(73)32-30-28-26-24-22-20-18-16-14-12-10-8-6-2)39-81-40-44(58)54(74)61-36-47(68)59-35-46(67)60-37-48(69)62-45(33-34-49(70)71)55(75)63-52(41(3)65)56(76)64-53(42(4)66)57(77)78/h41-45,52-53,65-66H,5-40,58H2,1-4H3,(H,59,68)(H,60,67)(H,61,74)(H,62,69)(H,63,75)(H,64,76)(H,70,71)(H,77,78)/t41-,42-,43-,44+,45+,52+,53+/m1/s1. The lowest BCUT2D eigenvalue weighted by molar-refractivity contribution is -0.157. The Labute approximate surface area is 485 Å². The van der Waals surface area contributed by atoms with E-state index in [2.05, 4.69) is 40.4 Å². The zero-order valence-electron chi connectivity index (χ0n) is 49.2. The summed E-state index contributed by atoms with van der Waals surface area (Å²) in [5.74, 6) is -9.16. The fourth-order valence-corrected chi connectivity index (χ4v) is 9.42. The maximum atomic E-state index is 13.1. The van der Waals surface area contributed by atoms with Crippen LogP contribution in [0.25, 0.3) is 0 Å². The van der Waals surface area contributed by atoms with Gasteiger partial charge in [-0.1, -0.05) is 168 Å². The van der Waals surface area contributed by atoms with Crippen molar-refractivity contribution in [3.05, 3.63) is 0 Å². The van der Waals surface area contributed by atoms with Gasteiger partial charge in [0.2, 0.25) is 35.4 Å². The SMILES string of the molecule is CCCCCCCCCCCCCCCC(=O)OC[C@H](CSC[C@H](N)C(=O)NCC(=O)NCC(=O)NCC(=O)N[C@@H](CCC(=O)O)C(=O)N[C@H](C(=O)N[C@H](C(=O)O)[C@@H](C)O)[C@@H](C)O)OC(=O)CCCCCCCCCCCCCCC. The molecular formula is C57H103N7O16S. The van der Waals surface area contributed by atoms with Crippen LogP contribution in [0.5, 0.6) is 0 Å². The van der Waals surface area contributed by atoms with E-state index < -0.39 is 128 Å². The Hall–Kier alpha value is -5.07. The Balaban J connectivity index is 5.04. The van der Waals surface area contributed by atoms with Gasteiger partial charge in [-0.05, 0) is 33.1 Å². The molecule has 0 aromatic rings. The van der Waals surface area contributed by atoms with E-state index in [-0.39, 0.29) is 36.9 Å².